The van der Waals surface area contributed by atoms with E-state index in [9.17, 15) is 22.9 Å². The summed E-state index contributed by atoms with van der Waals surface area (Å²) < 4.78 is 40.7. The fourth-order valence-electron chi connectivity index (χ4n) is 2.43. The first-order valence-electron chi connectivity index (χ1n) is 8.24. The highest BCUT2D eigenvalue weighted by molar-refractivity contribution is 7.89. The van der Waals surface area contributed by atoms with E-state index in [-0.39, 0.29) is 39.9 Å². The first-order valence-corrected chi connectivity index (χ1v) is 10.1. The molecule has 2 rings (SSSR count). The van der Waals surface area contributed by atoms with E-state index in [1.165, 1.54) is 24.3 Å². The molecular formula is C17H18ClFN4O4S. The van der Waals surface area contributed by atoms with E-state index in [1.807, 2.05) is 0 Å². The second-order valence-corrected chi connectivity index (χ2v) is 7.85. The molecule has 0 aliphatic heterocycles. The number of rotatable bonds is 8. The predicted octanol–water partition coefficient (Wildman–Crippen LogP) is 3.86. The van der Waals surface area contributed by atoms with Gasteiger partial charge < -0.3 is 0 Å². The average Bonchev–Trinajstić information content (AvgIpc) is 2.64. The lowest BCUT2D eigenvalue weighted by Gasteiger charge is -2.20. The first kappa shape index (κ1) is 21.7. The van der Waals surface area contributed by atoms with Gasteiger partial charge in [-0.3, -0.25) is 15.5 Å². The highest BCUT2D eigenvalue weighted by atomic mass is 35.5. The van der Waals surface area contributed by atoms with E-state index in [4.69, 9.17) is 11.6 Å². The van der Waals surface area contributed by atoms with Crippen LogP contribution in [0.1, 0.15) is 19.4 Å². The first-order chi connectivity index (χ1) is 13.2. The van der Waals surface area contributed by atoms with E-state index in [2.05, 4.69) is 10.5 Å². The van der Waals surface area contributed by atoms with Crippen molar-refractivity contribution in [2.45, 2.75) is 18.7 Å². The summed E-state index contributed by atoms with van der Waals surface area (Å²) in [5.41, 5.74) is 2.16. The highest BCUT2D eigenvalue weighted by Crippen LogP contribution is 2.29. The maximum Gasteiger partial charge on any atom is 0.270 e. The zero-order chi connectivity index (χ0) is 20.9. The van der Waals surface area contributed by atoms with Gasteiger partial charge in [-0.1, -0.05) is 31.5 Å². The van der Waals surface area contributed by atoms with Gasteiger partial charge in [-0.25, -0.2) is 12.8 Å². The van der Waals surface area contributed by atoms with Crippen LogP contribution in [0.4, 0.5) is 15.8 Å². The molecular weight excluding hydrogens is 411 g/mol. The molecule has 28 heavy (non-hydrogen) atoms. The Morgan fingerprint density at radius 3 is 2.54 bits per heavy atom. The van der Waals surface area contributed by atoms with E-state index in [1.54, 1.807) is 13.8 Å². The van der Waals surface area contributed by atoms with E-state index >= 15 is 0 Å². The van der Waals surface area contributed by atoms with Crippen LogP contribution in [0.3, 0.4) is 0 Å². The normalized spacial score (nSPS) is 11.9. The molecule has 0 fully saturated rings. The number of nitro benzene ring substituents is 1. The van der Waals surface area contributed by atoms with Crippen LogP contribution in [0.15, 0.2) is 46.4 Å². The third-order valence-electron chi connectivity index (χ3n) is 3.88. The number of nitro groups is 1. The van der Waals surface area contributed by atoms with Crippen LogP contribution in [0.25, 0.3) is 0 Å². The Hall–Kier alpha value is -2.56. The van der Waals surface area contributed by atoms with Gasteiger partial charge >= 0.3 is 0 Å². The lowest BCUT2D eigenvalue weighted by Crippen LogP contribution is -2.31. The minimum Gasteiger partial charge on any atom is -0.277 e. The van der Waals surface area contributed by atoms with Crippen molar-refractivity contribution in [3.05, 3.63) is 62.9 Å². The molecule has 8 nitrogen and oxygen atoms in total. The minimum atomic E-state index is -4.01. The van der Waals surface area contributed by atoms with Gasteiger partial charge in [0.05, 0.1) is 21.8 Å². The number of anilines is 1. The average molecular weight is 429 g/mol. The number of non-ortho nitro benzene ring substituents is 1. The SMILES string of the molecule is CCN(CC)S(=O)(=O)c1cc([N+](=O)[O-])ccc1NN=Cc1c(F)cccc1Cl. The second kappa shape index (κ2) is 9.09. The molecule has 0 radical (unpaired) electrons. The molecule has 0 aliphatic carbocycles. The van der Waals surface area contributed by atoms with Crippen molar-refractivity contribution >= 4 is 39.2 Å². The number of hydrogen-bond donors (Lipinski definition) is 1. The van der Waals surface area contributed by atoms with Crippen molar-refractivity contribution in [2.75, 3.05) is 18.5 Å². The van der Waals surface area contributed by atoms with Gasteiger partial charge in [-0.2, -0.15) is 9.41 Å². The maximum atomic E-state index is 13.8. The smallest absolute Gasteiger partial charge is 0.270 e. The van der Waals surface area contributed by atoms with Gasteiger partial charge in [0, 0.05) is 30.8 Å². The Labute approximate surface area is 166 Å². The molecule has 0 amide bonds. The Kier molecular flexibility index (Phi) is 7.05. The molecule has 2 aromatic rings. The van der Waals surface area contributed by atoms with Crippen LogP contribution in [0.5, 0.6) is 0 Å². The topological polar surface area (TPSA) is 105 Å². The van der Waals surface area contributed by atoms with Crippen molar-refractivity contribution in [1.29, 1.82) is 0 Å². The fourth-order valence-corrected chi connectivity index (χ4v) is 4.26. The van der Waals surface area contributed by atoms with E-state index in [0.29, 0.717) is 0 Å². The number of hydrazone groups is 1. The molecule has 0 aromatic heterocycles. The van der Waals surface area contributed by atoms with Crippen LogP contribution in [-0.2, 0) is 10.0 Å². The van der Waals surface area contributed by atoms with Crippen LogP contribution in [0.2, 0.25) is 5.02 Å². The van der Waals surface area contributed by atoms with Crippen LogP contribution in [-0.4, -0.2) is 37.0 Å². The third-order valence-corrected chi connectivity index (χ3v) is 6.30. The molecule has 150 valence electrons. The van der Waals surface area contributed by atoms with Crippen LogP contribution in [0, 0.1) is 15.9 Å². The van der Waals surface area contributed by atoms with Crippen molar-refractivity contribution in [2.24, 2.45) is 5.10 Å². The van der Waals surface area contributed by atoms with Gasteiger partial charge in [-0.05, 0) is 18.2 Å². The zero-order valence-electron chi connectivity index (χ0n) is 15.1. The molecule has 0 bridgehead atoms. The number of benzene rings is 2. The summed E-state index contributed by atoms with van der Waals surface area (Å²) in [6.07, 6.45) is 1.10. The largest absolute Gasteiger partial charge is 0.277 e. The Bertz CT molecular complexity index is 990. The summed E-state index contributed by atoms with van der Waals surface area (Å²) in [6.45, 7) is 3.69. The quantitative estimate of drug-likeness (QED) is 0.390. The molecule has 0 unspecified atom stereocenters. The fraction of sp³-hybridized carbons (Fsp3) is 0.235. The van der Waals surface area contributed by atoms with Crippen molar-refractivity contribution < 1.29 is 17.7 Å². The van der Waals surface area contributed by atoms with Crippen molar-refractivity contribution in [3.8, 4) is 0 Å². The van der Waals surface area contributed by atoms with Crippen LogP contribution < -0.4 is 5.43 Å². The van der Waals surface area contributed by atoms with Gasteiger partial charge in [0.15, 0.2) is 0 Å². The predicted molar refractivity (Wildman–Crippen MR) is 106 cm³/mol. The monoisotopic (exact) mass is 428 g/mol. The summed E-state index contributed by atoms with van der Waals surface area (Å²) in [5, 5.41) is 15.0. The molecule has 11 heteroatoms. The van der Waals surface area contributed by atoms with Crippen molar-refractivity contribution in [3.63, 3.8) is 0 Å². The standard InChI is InChI=1S/C17H18ClFN4O4S/c1-3-22(4-2)28(26,27)17-10-12(23(24)25)8-9-16(17)21-20-11-13-14(18)6-5-7-15(13)19/h5-11,21H,3-4H2,1-2H3. The zero-order valence-corrected chi connectivity index (χ0v) is 16.7. The molecule has 0 saturated carbocycles. The summed E-state index contributed by atoms with van der Waals surface area (Å²) in [6, 6.07) is 7.46. The Balaban J connectivity index is 2.47. The summed E-state index contributed by atoms with van der Waals surface area (Å²) in [5.74, 6) is -0.599. The lowest BCUT2D eigenvalue weighted by atomic mass is 10.2. The Morgan fingerprint density at radius 2 is 1.96 bits per heavy atom. The second-order valence-electron chi connectivity index (χ2n) is 5.53. The minimum absolute atomic E-state index is 0.0150. The highest BCUT2D eigenvalue weighted by Gasteiger charge is 2.27. The molecule has 0 spiro atoms. The molecule has 2 aromatic carbocycles. The molecule has 0 saturated heterocycles. The molecule has 0 aliphatic rings. The van der Waals surface area contributed by atoms with Gasteiger partial charge in [0.25, 0.3) is 5.69 Å². The van der Waals surface area contributed by atoms with Gasteiger partial charge in [-0.15, -0.1) is 0 Å². The molecule has 0 heterocycles. The number of halogens is 2. The van der Waals surface area contributed by atoms with E-state index in [0.717, 1.165) is 22.7 Å². The number of nitrogens with zero attached hydrogens (tertiary/aromatic N) is 3. The molecule has 0 atom stereocenters. The van der Waals surface area contributed by atoms with Crippen molar-refractivity contribution in [1.82, 2.24) is 4.31 Å². The van der Waals surface area contributed by atoms with Gasteiger partial charge in [0.2, 0.25) is 10.0 Å². The van der Waals surface area contributed by atoms with Crippen LogP contribution >= 0.6 is 11.6 Å². The maximum absolute atomic E-state index is 13.8. The Morgan fingerprint density at radius 1 is 1.29 bits per heavy atom. The third kappa shape index (κ3) is 4.64. The van der Waals surface area contributed by atoms with E-state index < -0.39 is 20.8 Å². The van der Waals surface area contributed by atoms with Gasteiger partial charge in [0.1, 0.15) is 10.7 Å². The number of sulfonamides is 1. The number of nitrogens with one attached hydrogen (secondary N) is 1. The summed E-state index contributed by atoms with van der Waals surface area (Å²) in [7, 11) is -4.01. The molecule has 1 N–H and O–H groups in total. The lowest BCUT2D eigenvalue weighted by molar-refractivity contribution is -0.385. The summed E-state index contributed by atoms with van der Waals surface area (Å²) >= 11 is 5.91. The number of hydrogen-bond acceptors (Lipinski definition) is 6. The summed E-state index contributed by atoms with van der Waals surface area (Å²) in [4.78, 5) is 10.1.